The second-order valence-electron chi connectivity index (χ2n) is 8.67. The molecule has 3 aromatic carbocycles. The quantitative estimate of drug-likeness (QED) is 0.108. The molecule has 13 heteroatoms. The predicted octanol–water partition coefficient (Wildman–Crippen LogP) is 5.45. The number of non-ortho nitro benzene ring substituents is 2. The number of imide groups is 1. The number of hydrogen-bond acceptors (Lipinski definition) is 10. The summed E-state index contributed by atoms with van der Waals surface area (Å²) >= 11 is 0.761. The van der Waals surface area contributed by atoms with Gasteiger partial charge in [0.25, 0.3) is 22.5 Å². The fourth-order valence-electron chi connectivity index (χ4n) is 3.71. The first-order chi connectivity index (χ1) is 19.0. The van der Waals surface area contributed by atoms with Crippen LogP contribution in [0.25, 0.3) is 6.08 Å². The smallest absolute Gasteiger partial charge is 0.344 e. The van der Waals surface area contributed by atoms with Gasteiger partial charge >= 0.3 is 5.97 Å². The number of carbonyl (C=O) groups is 3. The number of nitro benzene ring substituents is 2. The van der Waals surface area contributed by atoms with Gasteiger partial charge in [-0.25, -0.2) is 4.79 Å². The number of ether oxygens (including phenoxy) is 2. The Balaban J connectivity index is 1.44. The van der Waals surface area contributed by atoms with Crippen LogP contribution in [0, 0.1) is 34.1 Å². The predicted molar refractivity (Wildman–Crippen MR) is 145 cm³/mol. The van der Waals surface area contributed by atoms with Gasteiger partial charge in [-0.15, -0.1) is 0 Å². The third kappa shape index (κ3) is 6.50. The molecule has 0 saturated carbocycles. The van der Waals surface area contributed by atoms with Gasteiger partial charge in [0.2, 0.25) is 0 Å². The Morgan fingerprint density at radius 1 is 0.975 bits per heavy atom. The molecule has 204 valence electrons. The topological polar surface area (TPSA) is 159 Å². The first-order valence-electron chi connectivity index (χ1n) is 11.7. The van der Waals surface area contributed by atoms with Crippen LogP contribution in [0.15, 0.2) is 65.6 Å². The molecule has 0 spiro atoms. The summed E-state index contributed by atoms with van der Waals surface area (Å²) in [5.41, 5.74) is 0.746. The molecule has 1 aliphatic heterocycles. The third-order valence-electron chi connectivity index (χ3n) is 5.72. The number of nitro groups is 2. The van der Waals surface area contributed by atoms with Crippen molar-refractivity contribution in [2.24, 2.45) is 0 Å². The van der Waals surface area contributed by atoms with E-state index in [9.17, 15) is 34.6 Å². The number of amides is 2. The van der Waals surface area contributed by atoms with E-state index in [1.54, 1.807) is 6.07 Å². The van der Waals surface area contributed by atoms with Crippen molar-refractivity contribution in [3.63, 3.8) is 0 Å². The molecule has 12 nitrogen and oxygen atoms in total. The van der Waals surface area contributed by atoms with Gasteiger partial charge in [0.1, 0.15) is 18.1 Å². The fourth-order valence-corrected chi connectivity index (χ4v) is 4.58. The number of esters is 1. The molecule has 0 bridgehead atoms. The number of rotatable bonds is 9. The summed E-state index contributed by atoms with van der Waals surface area (Å²) in [6.45, 7) is 4.01. The molecule has 0 radical (unpaired) electrons. The van der Waals surface area contributed by atoms with Gasteiger partial charge in [0.15, 0.2) is 0 Å². The lowest BCUT2D eigenvalue weighted by molar-refractivity contribution is -0.394. The molecule has 1 fully saturated rings. The maximum atomic E-state index is 12.9. The minimum atomic E-state index is -1.05. The van der Waals surface area contributed by atoms with Crippen LogP contribution in [0.5, 0.6) is 11.5 Å². The van der Waals surface area contributed by atoms with Crippen LogP contribution in [0.4, 0.5) is 16.2 Å². The first-order valence-corrected chi connectivity index (χ1v) is 12.5. The van der Waals surface area contributed by atoms with Crippen molar-refractivity contribution in [2.75, 3.05) is 13.2 Å². The van der Waals surface area contributed by atoms with E-state index in [0.717, 1.165) is 46.0 Å². The average molecular weight is 564 g/mol. The number of hydrogen-bond donors (Lipinski definition) is 0. The van der Waals surface area contributed by atoms with Crippen molar-refractivity contribution in [1.82, 2.24) is 4.90 Å². The summed E-state index contributed by atoms with van der Waals surface area (Å²) < 4.78 is 11.0. The van der Waals surface area contributed by atoms with Gasteiger partial charge < -0.3 is 9.47 Å². The molecule has 4 rings (SSSR count). The Morgan fingerprint density at radius 2 is 1.68 bits per heavy atom. The van der Waals surface area contributed by atoms with E-state index in [4.69, 9.17) is 9.47 Å². The lowest BCUT2D eigenvalue weighted by Gasteiger charge is -2.14. The highest BCUT2D eigenvalue weighted by Crippen LogP contribution is 2.33. The van der Waals surface area contributed by atoms with Crippen LogP contribution >= 0.6 is 11.8 Å². The highest BCUT2D eigenvalue weighted by molar-refractivity contribution is 8.18. The standard InChI is InChI=1S/C27H21N3O9S/c1-16-6-7-17(2)23(10-16)38-9-8-28-25(31)24(40-27(28)33)12-18-4-3-5-22(11-18)39-26(32)19-13-20(29(34)35)15-21(14-19)30(36)37/h3-7,10-15H,8-9H2,1-2H3/b24-12-. The second kappa shape index (κ2) is 11.8. The van der Waals surface area contributed by atoms with Gasteiger partial charge in [0.05, 0.1) is 32.9 Å². The van der Waals surface area contributed by atoms with Crippen molar-refractivity contribution in [1.29, 1.82) is 0 Å². The monoisotopic (exact) mass is 563 g/mol. The van der Waals surface area contributed by atoms with Crippen LogP contribution < -0.4 is 9.47 Å². The van der Waals surface area contributed by atoms with E-state index >= 15 is 0 Å². The SMILES string of the molecule is Cc1ccc(C)c(OCCN2C(=O)S/C(=C\c3cccc(OC(=O)c4cc([N+](=O)[O-])cc([N+](=O)[O-])c4)c3)C2=O)c1. The zero-order chi connectivity index (χ0) is 29.0. The van der Waals surface area contributed by atoms with E-state index in [1.165, 1.54) is 24.3 Å². The number of aryl methyl sites for hydroxylation is 2. The Hall–Kier alpha value is -5.04. The molecule has 0 atom stereocenters. The Labute approximate surface area is 231 Å². The molecule has 1 aliphatic rings. The highest BCUT2D eigenvalue weighted by atomic mass is 32.2. The molecule has 0 unspecified atom stereocenters. The van der Waals surface area contributed by atoms with Gasteiger partial charge in [-0.2, -0.15) is 0 Å². The second-order valence-corrected chi connectivity index (χ2v) is 9.66. The molecular formula is C27H21N3O9S. The molecule has 40 heavy (non-hydrogen) atoms. The van der Waals surface area contributed by atoms with Crippen molar-refractivity contribution in [2.45, 2.75) is 13.8 Å². The molecule has 0 aliphatic carbocycles. The molecular weight excluding hydrogens is 542 g/mol. The summed E-state index contributed by atoms with van der Waals surface area (Å²) in [6, 6.07) is 14.2. The molecule has 2 amide bonds. The van der Waals surface area contributed by atoms with Crippen LogP contribution in [-0.4, -0.2) is 45.0 Å². The van der Waals surface area contributed by atoms with Crippen LogP contribution in [0.2, 0.25) is 0 Å². The summed E-state index contributed by atoms with van der Waals surface area (Å²) in [4.78, 5) is 59.7. The summed E-state index contributed by atoms with van der Waals surface area (Å²) in [5.74, 6) is -0.846. The van der Waals surface area contributed by atoms with E-state index in [-0.39, 0.29) is 29.4 Å². The van der Waals surface area contributed by atoms with E-state index in [0.29, 0.717) is 11.3 Å². The van der Waals surface area contributed by atoms with Crippen molar-refractivity contribution >= 4 is 46.3 Å². The maximum absolute atomic E-state index is 12.9. The molecule has 3 aromatic rings. The molecule has 1 saturated heterocycles. The van der Waals surface area contributed by atoms with Crippen LogP contribution in [0.3, 0.4) is 0 Å². The Bertz CT molecular complexity index is 1550. The molecule has 0 N–H and O–H groups in total. The van der Waals surface area contributed by atoms with E-state index in [2.05, 4.69) is 0 Å². The van der Waals surface area contributed by atoms with Crippen molar-refractivity contribution < 1.29 is 33.7 Å². The normalized spacial score (nSPS) is 13.9. The van der Waals surface area contributed by atoms with Crippen molar-refractivity contribution in [3.8, 4) is 11.5 Å². The summed E-state index contributed by atoms with van der Waals surface area (Å²) in [5, 5.41) is 21.8. The summed E-state index contributed by atoms with van der Waals surface area (Å²) in [7, 11) is 0. The first kappa shape index (κ1) is 28.0. The minimum absolute atomic E-state index is 0.0223. The molecule has 0 aromatic heterocycles. The average Bonchev–Trinajstić information content (AvgIpc) is 3.17. The summed E-state index contributed by atoms with van der Waals surface area (Å²) in [6.07, 6.45) is 1.46. The number of nitrogens with zero attached hydrogens (tertiary/aromatic N) is 3. The van der Waals surface area contributed by atoms with Gasteiger partial charge in [-0.1, -0.05) is 24.3 Å². The lowest BCUT2D eigenvalue weighted by atomic mass is 10.1. The Kier molecular flexibility index (Phi) is 8.24. The highest BCUT2D eigenvalue weighted by Gasteiger charge is 2.35. The zero-order valence-electron chi connectivity index (χ0n) is 21.2. The number of thioether (sulfide) groups is 1. The van der Waals surface area contributed by atoms with E-state index in [1.807, 2.05) is 32.0 Å². The minimum Gasteiger partial charge on any atom is -0.491 e. The Morgan fingerprint density at radius 3 is 2.35 bits per heavy atom. The third-order valence-corrected chi connectivity index (χ3v) is 6.62. The van der Waals surface area contributed by atoms with Gasteiger partial charge in [0, 0.05) is 12.1 Å². The van der Waals surface area contributed by atoms with Crippen molar-refractivity contribution in [3.05, 3.63) is 108 Å². The van der Waals surface area contributed by atoms with Crippen LogP contribution in [-0.2, 0) is 4.79 Å². The fraction of sp³-hybridized carbons (Fsp3) is 0.148. The molecule has 1 heterocycles. The maximum Gasteiger partial charge on any atom is 0.344 e. The van der Waals surface area contributed by atoms with Gasteiger partial charge in [-0.05, 0) is 66.6 Å². The number of carbonyl (C=O) groups excluding carboxylic acids is 3. The van der Waals surface area contributed by atoms with E-state index < -0.39 is 38.3 Å². The zero-order valence-corrected chi connectivity index (χ0v) is 22.0. The van der Waals surface area contributed by atoms with Gasteiger partial charge in [-0.3, -0.25) is 34.7 Å². The van der Waals surface area contributed by atoms with Crippen LogP contribution in [0.1, 0.15) is 27.0 Å². The lowest BCUT2D eigenvalue weighted by Crippen LogP contribution is -2.32. The number of benzene rings is 3. The largest absolute Gasteiger partial charge is 0.491 e.